The van der Waals surface area contributed by atoms with Crippen molar-refractivity contribution in [3.8, 4) is 11.5 Å². The van der Waals surface area contributed by atoms with Gasteiger partial charge in [-0.25, -0.2) is 0 Å². The van der Waals surface area contributed by atoms with Gasteiger partial charge < -0.3 is 19.5 Å². The minimum absolute atomic E-state index is 0.150. The van der Waals surface area contributed by atoms with Crippen LogP contribution in [0.2, 0.25) is 0 Å². The Morgan fingerprint density at radius 1 is 1.13 bits per heavy atom. The molecule has 1 amide bonds. The summed E-state index contributed by atoms with van der Waals surface area (Å²) in [6.45, 7) is 9.01. The zero-order valence-electron chi connectivity index (χ0n) is 18.0. The normalized spacial score (nSPS) is 14.4. The van der Waals surface area contributed by atoms with Crippen LogP contribution in [-0.4, -0.2) is 50.8 Å². The third-order valence-electron chi connectivity index (χ3n) is 4.97. The molecule has 0 saturated carbocycles. The number of hydrogen-bond acceptors (Lipinski definition) is 5. The van der Waals surface area contributed by atoms with Crippen LogP contribution in [0.4, 0.5) is 0 Å². The van der Waals surface area contributed by atoms with Crippen LogP contribution in [0.1, 0.15) is 16.7 Å². The van der Waals surface area contributed by atoms with Crippen molar-refractivity contribution in [2.75, 3.05) is 40.0 Å². The summed E-state index contributed by atoms with van der Waals surface area (Å²) in [6.07, 6.45) is 4.95. The molecule has 0 radical (unpaired) electrons. The van der Waals surface area contributed by atoms with Crippen molar-refractivity contribution in [3.05, 3.63) is 77.9 Å². The van der Waals surface area contributed by atoms with Gasteiger partial charge >= 0.3 is 0 Å². The summed E-state index contributed by atoms with van der Waals surface area (Å²) in [6, 6.07) is 13.9. The molecular formula is C25H30N2O4. The highest BCUT2D eigenvalue weighted by molar-refractivity contribution is 5.91. The molecule has 6 heteroatoms. The third-order valence-corrected chi connectivity index (χ3v) is 4.97. The average Bonchev–Trinajstić information content (AvgIpc) is 2.81. The van der Waals surface area contributed by atoms with E-state index in [0.717, 1.165) is 44.0 Å². The van der Waals surface area contributed by atoms with Gasteiger partial charge in [0.15, 0.2) is 11.5 Å². The Kier molecular flexibility index (Phi) is 8.70. The third kappa shape index (κ3) is 7.27. The highest BCUT2D eigenvalue weighted by atomic mass is 16.5. The fraction of sp³-hybridized carbons (Fsp3) is 0.320. The fourth-order valence-electron chi connectivity index (χ4n) is 3.26. The molecule has 1 aliphatic heterocycles. The lowest BCUT2D eigenvalue weighted by atomic mass is 10.1. The van der Waals surface area contributed by atoms with Gasteiger partial charge in [-0.05, 0) is 34.9 Å². The summed E-state index contributed by atoms with van der Waals surface area (Å²) in [5.41, 5.74) is 3.19. The first-order valence-corrected chi connectivity index (χ1v) is 10.4. The zero-order valence-corrected chi connectivity index (χ0v) is 18.0. The van der Waals surface area contributed by atoms with Crippen molar-refractivity contribution in [2.24, 2.45) is 0 Å². The average molecular weight is 423 g/mol. The second-order valence-electron chi connectivity index (χ2n) is 7.27. The summed E-state index contributed by atoms with van der Waals surface area (Å²) in [4.78, 5) is 14.6. The summed E-state index contributed by atoms with van der Waals surface area (Å²) in [5.74, 6) is 1.10. The molecule has 1 aliphatic rings. The first kappa shape index (κ1) is 22.6. The van der Waals surface area contributed by atoms with Gasteiger partial charge in [-0.1, -0.05) is 43.0 Å². The van der Waals surface area contributed by atoms with E-state index in [4.69, 9.17) is 14.2 Å². The van der Waals surface area contributed by atoms with Gasteiger partial charge in [0, 0.05) is 32.3 Å². The van der Waals surface area contributed by atoms with Crippen molar-refractivity contribution in [1.29, 1.82) is 0 Å². The van der Waals surface area contributed by atoms with Crippen LogP contribution in [-0.2, 0) is 22.6 Å². The number of methoxy groups -OCH3 is 1. The maximum Gasteiger partial charge on any atom is 0.244 e. The smallest absolute Gasteiger partial charge is 0.244 e. The molecule has 0 aliphatic carbocycles. The lowest BCUT2D eigenvalue weighted by molar-refractivity contribution is -0.116. The number of morpholine rings is 1. The van der Waals surface area contributed by atoms with E-state index in [1.807, 2.05) is 18.2 Å². The van der Waals surface area contributed by atoms with Gasteiger partial charge in [0.2, 0.25) is 5.91 Å². The van der Waals surface area contributed by atoms with Crippen molar-refractivity contribution >= 4 is 12.0 Å². The van der Waals surface area contributed by atoms with Crippen LogP contribution in [0.25, 0.3) is 6.08 Å². The van der Waals surface area contributed by atoms with Gasteiger partial charge in [-0.15, -0.1) is 0 Å². The van der Waals surface area contributed by atoms with Crippen LogP contribution in [0.5, 0.6) is 11.5 Å². The molecule has 2 aromatic rings. The SMILES string of the molecule is C=CCOc1ccc(/C=C/C(=O)NCc2ccc(CN3CCOCC3)cc2)cc1OC. The molecule has 0 unspecified atom stereocenters. The molecular weight excluding hydrogens is 392 g/mol. The Bertz CT molecular complexity index is 887. The number of rotatable bonds is 10. The van der Waals surface area contributed by atoms with Crippen LogP contribution < -0.4 is 14.8 Å². The van der Waals surface area contributed by atoms with E-state index in [2.05, 4.69) is 41.1 Å². The number of ether oxygens (including phenoxy) is 3. The molecule has 0 aromatic heterocycles. The van der Waals surface area contributed by atoms with Crippen LogP contribution >= 0.6 is 0 Å². The second kappa shape index (κ2) is 11.9. The van der Waals surface area contributed by atoms with Crippen LogP contribution in [0.15, 0.2) is 61.2 Å². The van der Waals surface area contributed by atoms with Gasteiger partial charge in [0.05, 0.1) is 20.3 Å². The molecule has 1 saturated heterocycles. The molecule has 2 aromatic carbocycles. The number of carbonyl (C=O) groups is 1. The maximum absolute atomic E-state index is 12.2. The molecule has 31 heavy (non-hydrogen) atoms. The molecule has 0 spiro atoms. The standard InChI is InChI=1S/C25H30N2O4/c1-3-14-31-23-10-8-20(17-24(23)29-2)9-11-25(28)26-18-21-4-6-22(7-5-21)19-27-12-15-30-16-13-27/h3-11,17H,1,12-16,18-19H2,2H3,(H,26,28)/b11-9+. The minimum Gasteiger partial charge on any atom is -0.493 e. The first-order chi connectivity index (χ1) is 15.2. The predicted octanol–water partition coefficient (Wildman–Crippen LogP) is 3.42. The number of benzene rings is 2. The van der Waals surface area contributed by atoms with Crippen LogP contribution in [0, 0.1) is 0 Å². The Morgan fingerprint density at radius 2 is 1.87 bits per heavy atom. The number of carbonyl (C=O) groups excluding carboxylic acids is 1. The van der Waals surface area contributed by atoms with E-state index in [1.54, 1.807) is 19.3 Å². The Hall–Kier alpha value is -3.09. The van der Waals surface area contributed by atoms with E-state index < -0.39 is 0 Å². The summed E-state index contributed by atoms with van der Waals surface area (Å²) in [7, 11) is 1.59. The highest BCUT2D eigenvalue weighted by Gasteiger charge is 2.10. The summed E-state index contributed by atoms with van der Waals surface area (Å²) in [5, 5.41) is 2.92. The van der Waals surface area contributed by atoms with E-state index in [1.165, 1.54) is 11.6 Å². The fourth-order valence-corrected chi connectivity index (χ4v) is 3.26. The van der Waals surface area contributed by atoms with E-state index in [-0.39, 0.29) is 5.91 Å². The summed E-state index contributed by atoms with van der Waals surface area (Å²) >= 11 is 0. The Morgan fingerprint density at radius 3 is 2.58 bits per heavy atom. The van der Waals surface area contributed by atoms with Gasteiger partial charge in [-0.2, -0.15) is 0 Å². The monoisotopic (exact) mass is 422 g/mol. The molecule has 0 atom stereocenters. The number of nitrogens with one attached hydrogen (secondary N) is 1. The highest BCUT2D eigenvalue weighted by Crippen LogP contribution is 2.28. The van der Waals surface area contributed by atoms with E-state index >= 15 is 0 Å². The van der Waals surface area contributed by atoms with E-state index in [0.29, 0.717) is 24.7 Å². The Balaban J connectivity index is 1.48. The lowest BCUT2D eigenvalue weighted by Gasteiger charge is -2.26. The minimum atomic E-state index is -0.150. The topological polar surface area (TPSA) is 60.0 Å². The van der Waals surface area contributed by atoms with Crippen molar-refractivity contribution in [1.82, 2.24) is 10.2 Å². The molecule has 1 fully saturated rings. The van der Waals surface area contributed by atoms with Crippen molar-refractivity contribution < 1.29 is 19.0 Å². The molecule has 3 rings (SSSR count). The van der Waals surface area contributed by atoms with E-state index in [9.17, 15) is 4.79 Å². The molecule has 1 N–H and O–H groups in total. The second-order valence-corrected chi connectivity index (χ2v) is 7.27. The van der Waals surface area contributed by atoms with Crippen LogP contribution in [0.3, 0.4) is 0 Å². The lowest BCUT2D eigenvalue weighted by Crippen LogP contribution is -2.35. The van der Waals surface area contributed by atoms with Crippen molar-refractivity contribution in [3.63, 3.8) is 0 Å². The number of nitrogens with zero attached hydrogens (tertiary/aromatic N) is 1. The Labute approximate surface area is 184 Å². The number of hydrogen-bond donors (Lipinski definition) is 1. The van der Waals surface area contributed by atoms with Gasteiger partial charge in [-0.3, -0.25) is 9.69 Å². The maximum atomic E-state index is 12.2. The number of amides is 1. The molecule has 0 bridgehead atoms. The molecule has 164 valence electrons. The predicted molar refractivity (Wildman–Crippen MR) is 122 cm³/mol. The zero-order chi connectivity index (χ0) is 21.9. The molecule has 6 nitrogen and oxygen atoms in total. The quantitative estimate of drug-likeness (QED) is 0.470. The largest absolute Gasteiger partial charge is 0.493 e. The van der Waals surface area contributed by atoms with Crippen molar-refractivity contribution in [2.45, 2.75) is 13.1 Å². The first-order valence-electron chi connectivity index (χ1n) is 10.4. The molecule has 1 heterocycles. The van der Waals surface area contributed by atoms with Gasteiger partial charge in [0.25, 0.3) is 0 Å². The van der Waals surface area contributed by atoms with Gasteiger partial charge in [0.1, 0.15) is 6.61 Å². The summed E-state index contributed by atoms with van der Waals surface area (Å²) < 4.78 is 16.3.